The molecule has 1 aromatic carbocycles. The fourth-order valence-corrected chi connectivity index (χ4v) is 4.37. The van der Waals surface area contributed by atoms with E-state index in [4.69, 9.17) is 0 Å². The van der Waals surface area contributed by atoms with Crippen LogP contribution in [0.4, 0.5) is 5.69 Å². The molecule has 0 aromatic heterocycles. The summed E-state index contributed by atoms with van der Waals surface area (Å²) in [6.45, 7) is 6.39. The molecule has 0 bridgehead atoms. The van der Waals surface area contributed by atoms with Crippen molar-refractivity contribution in [1.29, 1.82) is 0 Å². The number of likely N-dealkylation sites (tertiary alicyclic amines) is 1. The maximum Gasteiger partial charge on any atom is 0.132 e. The van der Waals surface area contributed by atoms with Gasteiger partial charge >= 0.3 is 0 Å². The Hall–Kier alpha value is -0.820. The quantitative estimate of drug-likeness (QED) is 0.267. The molecule has 0 saturated carbocycles. The maximum atomic E-state index is 2.35. The zero-order valence-corrected chi connectivity index (χ0v) is 16.1. The number of rotatable bonds is 13. The lowest BCUT2D eigenvalue weighted by Gasteiger charge is -2.34. The Morgan fingerprint density at radius 1 is 0.667 bits per heavy atom. The lowest BCUT2D eigenvalue weighted by molar-refractivity contribution is 0.322. The van der Waals surface area contributed by atoms with E-state index in [1.807, 2.05) is 0 Å². The summed E-state index contributed by atoms with van der Waals surface area (Å²) in [4.78, 5) is 0. The Morgan fingerprint density at radius 3 is 1.71 bits per heavy atom. The zero-order valence-electron chi connectivity index (χ0n) is 16.1. The lowest BCUT2D eigenvalue weighted by Crippen LogP contribution is -2.47. The molecule has 24 heavy (non-hydrogen) atoms. The van der Waals surface area contributed by atoms with Gasteiger partial charge in [0, 0.05) is 12.8 Å². The summed E-state index contributed by atoms with van der Waals surface area (Å²) in [7, 11) is 0. The molecule has 136 valence electrons. The number of hydrogen-bond acceptors (Lipinski definition) is 0. The van der Waals surface area contributed by atoms with Crippen molar-refractivity contribution in [2.45, 2.75) is 90.4 Å². The Morgan fingerprint density at radius 2 is 1.17 bits per heavy atom. The van der Waals surface area contributed by atoms with Crippen LogP contribution in [0.1, 0.15) is 90.4 Å². The van der Waals surface area contributed by atoms with Gasteiger partial charge < -0.3 is 0 Å². The first-order chi connectivity index (χ1) is 11.9. The highest BCUT2D eigenvalue weighted by Gasteiger charge is 2.33. The molecule has 0 spiro atoms. The first-order valence-corrected chi connectivity index (χ1v) is 10.8. The molecule has 2 rings (SSSR count). The standard InChI is InChI=1S/C23H40N/c1-2-3-4-5-6-7-8-9-10-11-15-20-24(21-16-17-22-24)23-18-13-12-14-19-23/h12-14,18-19H,2-11,15-17,20-22H2,1H3/q+1. The van der Waals surface area contributed by atoms with Crippen LogP contribution in [0.25, 0.3) is 0 Å². The Kier molecular flexibility index (Phi) is 9.50. The van der Waals surface area contributed by atoms with Crippen LogP contribution in [0.2, 0.25) is 0 Å². The summed E-state index contributed by atoms with van der Waals surface area (Å²) in [6, 6.07) is 11.3. The van der Waals surface area contributed by atoms with Crippen LogP contribution in [-0.4, -0.2) is 19.6 Å². The van der Waals surface area contributed by atoms with E-state index >= 15 is 0 Å². The van der Waals surface area contributed by atoms with Gasteiger partial charge in [-0.3, -0.25) is 4.48 Å². The fraction of sp³-hybridized carbons (Fsp3) is 0.739. The SMILES string of the molecule is CCCCCCCCCCCCC[N+]1(c2ccccc2)CCCC1. The third kappa shape index (κ3) is 6.59. The van der Waals surface area contributed by atoms with E-state index in [-0.39, 0.29) is 0 Å². The molecule has 0 N–H and O–H groups in total. The molecule has 0 radical (unpaired) electrons. The summed E-state index contributed by atoms with van der Waals surface area (Å²) in [5.41, 5.74) is 1.56. The highest BCUT2D eigenvalue weighted by Crippen LogP contribution is 2.30. The smallest absolute Gasteiger partial charge is 0.132 e. The molecule has 1 aliphatic rings. The van der Waals surface area contributed by atoms with Gasteiger partial charge in [0.1, 0.15) is 5.69 Å². The van der Waals surface area contributed by atoms with Crippen molar-refractivity contribution in [2.24, 2.45) is 0 Å². The minimum Gasteiger partial charge on any atom is -0.291 e. The van der Waals surface area contributed by atoms with Crippen LogP contribution < -0.4 is 4.48 Å². The van der Waals surface area contributed by atoms with E-state index in [9.17, 15) is 0 Å². The van der Waals surface area contributed by atoms with Gasteiger partial charge in [-0.2, -0.15) is 0 Å². The molecular weight excluding hydrogens is 290 g/mol. The summed E-state index contributed by atoms with van der Waals surface area (Å²) < 4.78 is 1.26. The van der Waals surface area contributed by atoms with Gasteiger partial charge in [0.15, 0.2) is 0 Å². The number of benzene rings is 1. The van der Waals surface area contributed by atoms with Gasteiger partial charge in [-0.05, 0) is 25.0 Å². The first-order valence-electron chi connectivity index (χ1n) is 10.8. The van der Waals surface area contributed by atoms with Crippen molar-refractivity contribution in [3.63, 3.8) is 0 Å². The number of hydrogen-bond donors (Lipinski definition) is 0. The molecule has 1 fully saturated rings. The van der Waals surface area contributed by atoms with Crippen LogP contribution in [-0.2, 0) is 0 Å². The van der Waals surface area contributed by atoms with Crippen molar-refractivity contribution in [3.8, 4) is 0 Å². The molecule has 0 unspecified atom stereocenters. The Labute approximate surface area is 151 Å². The van der Waals surface area contributed by atoms with E-state index in [1.54, 1.807) is 5.69 Å². The van der Waals surface area contributed by atoms with Crippen LogP contribution in [0.3, 0.4) is 0 Å². The van der Waals surface area contributed by atoms with E-state index in [2.05, 4.69) is 37.3 Å². The molecule has 1 aliphatic heterocycles. The molecule has 0 aliphatic carbocycles. The highest BCUT2D eigenvalue weighted by atomic mass is 15.4. The molecule has 1 saturated heterocycles. The Bertz CT molecular complexity index is 405. The van der Waals surface area contributed by atoms with E-state index in [0.29, 0.717) is 0 Å². The van der Waals surface area contributed by atoms with E-state index in [0.717, 1.165) is 0 Å². The molecule has 1 aromatic rings. The third-order valence-electron chi connectivity index (χ3n) is 5.92. The molecule has 0 atom stereocenters. The molecule has 0 amide bonds. The number of quaternary nitrogens is 1. The van der Waals surface area contributed by atoms with Crippen molar-refractivity contribution < 1.29 is 0 Å². The van der Waals surface area contributed by atoms with Gasteiger partial charge in [0.05, 0.1) is 19.6 Å². The first kappa shape index (κ1) is 19.5. The number of unbranched alkanes of at least 4 members (excludes halogenated alkanes) is 10. The van der Waals surface area contributed by atoms with Gasteiger partial charge in [0.25, 0.3) is 0 Å². The normalized spacial score (nSPS) is 16.5. The van der Waals surface area contributed by atoms with Crippen LogP contribution >= 0.6 is 0 Å². The minimum absolute atomic E-state index is 1.26. The predicted octanol–water partition coefficient (Wildman–Crippen LogP) is 7.10. The van der Waals surface area contributed by atoms with Crippen LogP contribution in [0.15, 0.2) is 30.3 Å². The third-order valence-corrected chi connectivity index (χ3v) is 5.92. The van der Waals surface area contributed by atoms with Gasteiger partial charge in [-0.25, -0.2) is 0 Å². The lowest BCUT2D eigenvalue weighted by atomic mass is 10.1. The monoisotopic (exact) mass is 330 g/mol. The second-order valence-electron chi connectivity index (χ2n) is 7.89. The van der Waals surface area contributed by atoms with Crippen molar-refractivity contribution in [3.05, 3.63) is 30.3 Å². The summed E-state index contributed by atoms with van der Waals surface area (Å²) >= 11 is 0. The van der Waals surface area contributed by atoms with Crippen molar-refractivity contribution in [1.82, 2.24) is 4.48 Å². The second kappa shape index (κ2) is 11.7. The van der Waals surface area contributed by atoms with Gasteiger partial charge in [-0.1, -0.05) is 82.9 Å². The van der Waals surface area contributed by atoms with E-state index in [1.165, 1.54) is 108 Å². The van der Waals surface area contributed by atoms with Crippen molar-refractivity contribution >= 4 is 5.69 Å². The largest absolute Gasteiger partial charge is 0.291 e. The Balaban J connectivity index is 1.55. The maximum absolute atomic E-state index is 2.35. The van der Waals surface area contributed by atoms with Crippen LogP contribution in [0, 0.1) is 0 Å². The predicted molar refractivity (Wildman–Crippen MR) is 109 cm³/mol. The molecule has 1 heteroatoms. The summed E-state index contributed by atoms with van der Waals surface area (Å²) in [5, 5.41) is 0. The van der Waals surface area contributed by atoms with Crippen LogP contribution in [0.5, 0.6) is 0 Å². The minimum atomic E-state index is 1.26. The number of nitrogens with zero attached hydrogens (tertiary/aromatic N) is 1. The highest BCUT2D eigenvalue weighted by molar-refractivity contribution is 5.43. The number of para-hydroxylation sites is 1. The second-order valence-corrected chi connectivity index (χ2v) is 7.89. The summed E-state index contributed by atoms with van der Waals surface area (Å²) in [6.07, 6.45) is 18.7. The van der Waals surface area contributed by atoms with Gasteiger partial charge in [-0.15, -0.1) is 0 Å². The van der Waals surface area contributed by atoms with Gasteiger partial charge in [0.2, 0.25) is 0 Å². The fourth-order valence-electron chi connectivity index (χ4n) is 4.37. The average molecular weight is 331 g/mol. The van der Waals surface area contributed by atoms with Crippen molar-refractivity contribution in [2.75, 3.05) is 19.6 Å². The summed E-state index contributed by atoms with van der Waals surface area (Å²) in [5.74, 6) is 0. The topological polar surface area (TPSA) is 0 Å². The molecule has 1 nitrogen and oxygen atoms in total. The molecular formula is C23H40N+. The zero-order chi connectivity index (χ0) is 16.9. The molecule has 1 heterocycles. The average Bonchev–Trinajstić information content (AvgIpc) is 3.10. The van der Waals surface area contributed by atoms with E-state index < -0.39 is 0 Å².